The molecule has 1 fully saturated rings. The number of amides is 1. The minimum atomic E-state index is -0.194. The van der Waals surface area contributed by atoms with Crippen LogP contribution in [0.5, 0.6) is 0 Å². The van der Waals surface area contributed by atoms with Crippen LogP contribution >= 0.6 is 11.6 Å². The van der Waals surface area contributed by atoms with Crippen molar-refractivity contribution in [3.63, 3.8) is 0 Å². The van der Waals surface area contributed by atoms with Gasteiger partial charge < -0.3 is 9.88 Å². The molecule has 0 atom stereocenters. The quantitative estimate of drug-likeness (QED) is 0.533. The van der Waals surface area contributed by atoms with Gasteiger partial charge in [-0.3, -0.25) is 9.36 Å². The first kappa shape index (κ1) is 19.6. The van der Waals surface area contributed by atoms with E-state index in [4.69, 9.17) is 11.6 Å². The highest BCUT2D eigenvalue weighted by atomic mass is 35.5. The first-order valence-electron chi connectivity index (χ1n) is 10.2. The third-order valence-corrected chi connectivity index (χ3v) is 6.02. The maximum Gasteiger partial charge on any atom is 0.326 e. The molecule has 3 heterocycles. The molecule has 5 rings (SSSR count). The molecule has 1 aliphatic rings. The normalized spacial score (nSPS) is 15.0. The average Bonchev–Trinajstić information content (AvgIpc) is 3.33. The van der Waals surface area contributed by atoms with Gasteiger partial charge in [0.1, 0.15) is 5.82 Å². The second kappa shape index (κ2) is 7.70. The third kappa shape index (κ3) is 3.53. The van der Waals surface area contributed by atoms with E-state index in [9.17, 15) is 9.59 Å². The van der Waals surface area contributed by atoms with E-state index < -0.39 is 0 Å². The number of rotatable bonds is 3. The van der Waals surface area contributed by atoms with Gasteiger partial charge in [-0.25, -0.2) is 14.5 Å². The number of piperidine rings is 1. The van der Waals surface area contributed by atoms with E-state index >= 15 is 0 Å². The van der Waals surface area contributed by atoms with Crippen LogP contribution < -0.4 is 5.69 Å². The van der Waals surface area contributed by atoms with Crippen LogP contribution in [-0.2, 0) is 0 Å². The topological polar surface area (TPSA) is 88.8 Å². The second-order valence-electron chi connectivity index (χ2n) is 7.71. The molecule has 31 heavy (non-hydrogen) atoms. The number of carbonyl (C=O) groups excluding carboxylic acids is 1. The summed E-state index contributed by atoms with van der Waals surface area (Å²) in [6, 6.07) is 14.9. The third-order valence-electron chi connectivity index (χ3n) is 5.77. The van der Waals surface area contributed by atoms with Crippen molar-refractivity contribution < 1.29 is 4.79 Å². The van der Waals surface area contributed by atoms with Gasteiger partial charge in [-0.1, -0.05) is 23.7 Å². The monoisotopic (exact) mass is 436 g/mol. The second-order valence-corrected chi connectivity index (χ2v) is 8.15. The zero-order valence-electron chi connectivity index (χ0n) is 17.0. The summed E-state index contributed by atoms with van der Waals surface area (Å²) in [5, 5.41) is 5.05. The molecule has 0 bridgehead atoms. The highest BCUT2D eigenvalue weighted by Gasteiger charge is 2.28. The SMILES string of the molecule is Cc1nc(C(=O)N2CCC(n3c(=O)[nH]c4ccccc43)CC2)nn1-c1ccc(Cl)cc1. The van der Waals surface area contributed by atoms with Crippen molar-refractivity contribution in [2.24, 2.45) is 0 Å². The fourth-order valence-corrected chi connectivity index (χ4v) is 4.34. The molecule has 2 aromatic heterocycles. The first-order chi connectivity index (χ1) is 15.0. The molecule has 0 saturated carbocycles. The van der Waals surface area contributed by atoms with Crippen molar-refractivity contribution in [3.05, 3.63) is 75.7 Å². The Hall–Kier alpha value is -3.39. The molecule has 1 aliphatic heterocycles. The molecular formula is C22H21ClN6O2. The van der Waals surface area contributed by atoms with Gasteiger partial charge in [-0.05, 0) is 56.2 Å². The maximum atomic E-state index is 13.0. The first-order valence-corrected chi connectivity index (χ1v) is 10.6. The van der Waals surface area contributed by atoms with Gasteiger partial charge >= 0.3 is 5.69 Å². The van der Waals surface area contributed by atoms with Gasteiger partial charge in [0.05, 0.1) is 16.7 Å². The number of aromatic amines is 1. The highest BCUT2D eigenvalue weighted by Crippen LogP contribution is 2.25. The van der Waals surface area contributed by atoms with Crippen LogP contribution in [0.15, 0.2) is 53.3 Å². The smallest absolute Gasteiger partial charge is 0.326 e. The molecular weight excluding hydrogens is 416 g/mol. The predicted molar refractivity (Wildman–Crippen MR) is 118 cm³/mol. The number of carbonyl (C=O) groups is 1. The van der Waals surface area contributed by atoms with Crippen LogP contribution in [0.25, 0.3) is 16.7 Å². The summed E-state index contributed by atoms with van der Waals surface area (Å²) in [5.74, 6) is 0.613. The minimum absolute atomic E-state index is 0.0500. The van der Waals surface area contributed by atoms with E-state index in [0.717, 1.165) is 16.7 Å². The van der Waals surface area contributed by atoms with E-state index in [0.29, 0.717) is 36.8 Å². The van der Waals surface area contributed by atoms with Crippen molar-refractivity contribution in [2.45, 2.75) is 25.8 Å². The molecule has 0 aliphatic carbocycles. The van der Waals surface area contributed by atoms with Crippen LogP contribution in [0.3, 0.4) is 0 Å². The Bertz CT molecular complexity index is 1310. The van der Waals surface area contributed by atoms with Crippen LogP contribution in [0, 0.1) is 6.92 Å². The summed E-state index contributed by atoms with van der Waals surface area (Å²) in [4.78, 5) is 34.5. The standard InChI is InChI=1S/C22H21ClN6O2/c1-14-24-20(26-29(14)17-8-6-15(23)7-9-17)21(30)27-12-10-16(11-13-27)28-19-5-3-2-4-18(19)25-22(28)31/h2-9,16H,10-13H2,1H3,(H,25,31). The lowest BCUT2D eigenvalue weighted by molar-refractivity contribution is 0.0682. The molecule has 0 spiro atoms. The molecule has 2 aromatic carbocycles. The number of benzene rings is 2. The van der Waals surface area contributed by atoms with Gasteiger partial charge in [0, 0.05) is 24.2 Å². The van der Waals surface area contributed by atoms with E-state index in [1.165, 1.54) is 0 Å². The number of likely N-dealkylation sites (tertiary alicyclic amines) is 1. The van der Waals surface area contributed by atoms with Crippen molar-refractivity contribution in [2.75, 3.05) is 13.1 Å². The van der Waals surface area contributed by atoms with Crippen LogP contribution in [0.2, 0.25) is 5.02 Å². The molecule has 4 aromatic rings. The van der Waals surface area contributed by atoms with E-state index in [2.05, 4.69) is 15.1 Å². The van der Waals surface area contributed by atoms with Gasteiger partial charge in [0.2, 0.25) is 5.82 Å². The van der Waals surface area contributed by atoms with Crippen molar-refractivity contribution in [1.82, 2.24) is 29.2 Å². The zero-order chi connectivity index (χ0) is 21.5. The summed E-state index contributed by atoms with van der Waals surface area (Å²) in [6.07, 6.45) is 1.40. The largest absolute Gasteiger partial charge is 0.336 e. The lowest BCUT2D eigenvalue weighted by atomic mass is 10.0. The lowest BCUT2D eigenvalue weighted by Crippen LogP contribution is -2.41. The Balaban J connectivity index is 1.32. The van der Waals surface area contributed by atoms with Gasteiger partial charge in [-0.2, -0.15) is 0 Å². The van der Waals surface area contributed by atoms with Gasteiger partial charge in [0.25, 0.3) is 5.91 Å². The van der Waals surface area contributed by atoms with E-state index in [1.54, 1.807) is 21.7 Å². The Kier molecular flexibility index (Phi) is 4.86. The zero-order valence-corrected chi connectivity index (χ0v) is 17.7. The number of nitrogens with one attached hydrogen (secondary N) is 1. The van der Waals surface area contributed by atoms with E-state index in [1.807, 2.05) is 47.9 Å². The number of halogens is 1. The number of imidazole rings is 1. The Morgan fingerprint density at radius 1 is 1.10 bits per heavy atom. The molecule has 8 nitrogen and oxygen atoms in total. The molecule has 1 saturated heterocycles. The van der Waals surface area contributed by atoms with Crippen molar-refractivity contribution >= 4 is 28.5 Å². The molecule has 158 valence electrons. The fraction of sp³-hybridized carbons (Fsp3) is 0.273. The van der Waals surface area contributed by atoms with Crippen LogP contribution in [0.1, 0.15) is 35.3 Å². The van der Waals surface area contributed by atoms with Crippen LogP contribution in [-0.4, -0.2) is 48.2 Å². The number of fused-ring (bicyclic) bond motifs is 1. The fourth-order valence-electron chi connectivity index (χ4n) is 4.21. The van der Waals surface area contributed by atoms with Gasteiger partial charge in [-0.15, -0.1) is 5.10 Å². The van der Waals surface area contributed by atoms with Crippen LogP contribution in [0.4, 0.5) is 0 Å². The Morgan fingerprint density at radius 3 is 2.55 bits per heavy atom. The molecule has 9 heteroatoms. The number of aromatic nitrogens is 5. The summed E-state index contributed by atoms with van der Waals surface area (Å²) in [7, 11) is 0. The molecule has 0 radical (unpaired) electrons. The Morgan fingerprint density at radius 2 is 1.81 bits per heavy atom. The summed E-state index contributed by atoms with van der Waals surface area (Å²) in [6.45, 7) is 2.90. The highest BCUT2D eigenvalue weighted by molar-refractivity contribution is 6.30. The summed E-state index contributed by atoms with van der Waals surface area (Å²) >= 11 is 5.96. The minimum Gasteiger partial charge on any atom is -0.336 e. The molecule has 1 amide bonds. The van der Waals surface area contributed by atoms with Crippen molar-refractivity contribution in [3.8, 4) is 5.69 Å². The van der Waals surface area contributed by atoms with Gasteiger partial charge in [0.15, 0.2) is 0 Å². The maximum absolute atomic E-state index is 13.0. The average molecular weight is 437 g/mol. The Labute approximate surface area is 183 Å². The summed E-state index contributed by atoms with van der Waals surface area (Å²) in [5.41, 5.74) is 2.42. The number of hydrogen-bond donors (Lipinski definition) is 1. The van der Waals surface area contributed by atoms with Crippen molar-refractivity contribution in [1.29, 1.82) is 0 Å². The number of nitrogens with zero attached hydrogens (tertiary/aromatic N) is 5. The van der Waals surface area contributed by atoms with E-state index in [-0.39, 0.29) is 23.5 Å². The molecule has 0 unspecified atom stereocenters. The summed E-state index contributed by atoms with van der Waals surface area (Å²) < 4.78 is 3.45. The number of hydrogen-bond acceptors (Lipinski definition) is 4. The number of H-pyrrole nitrogens is 1. The number of aryl methyl sites for hydroxylation is 1. The lowest BCUT2D eigenvalue weighted by Gasteiger charge is -2.31. The number of para-hydroxylation sites is 2. The molecule has 1 N–H and O–H groups in total. The predicted octanol–water partition coefficient (Wildman–Crippen LogP) is 3.35.